The lowest BCUT2D eigenvalue weighted by molar-refractivity contribution is -0.181. The van der Waals surface area contributed by atoms with Crippen LogP contribution in [0.4, 0.5) is 10.5 Å². The number of benzene rings is 2. The van der Waals surface area contributed by atoms with Gasteiger partial charge in [-0.1, -0.05) is 30.3 Å². The Bertz CT molecular complexity index is 748. The van der Waals surface area contributed by atoms with Crippen LogP contribution in [0.3, 0.4) is 0 Å². The van der Waals surface area contributed by atoms with Crippen LogP contribution in [-0.2, 0) is 16.1 Å². The Morgan fingerprint density at radius 1 is 1.00 bits per heavy atom. The van der Waals surface area contributed by atoms with Gasteiger partial charge in [0.1, 0.15) is 12.4 Å². The Morgan fingerprint density at radius 2 is 1.67 bits per heavy atom. The zero-order chi connectivity index (χ0) is 18.5. The molecule has 0 aliphatic carbocycles. The van der Waals surface area contributed by atoms with Crippen molar-refractivity contribution in [2.45, 2.75) is 25.2 Å². The fourth-order valence-corrected chi connectivity index (χ4v) is 3.41. The molecule has 0 atom stereocenters. The maximum atomic E-state index is 12.5. The Hall–Kier alpha value is -2.57. The maximum Gasteiger partial charge on any atom is 0.321 e. The van der Waals surface area contributed by atoms with Gasteiger partial charge in [0.2, 0.25) is 0 Å². The number of ether oxygens (including phenoxy) is 3. The van der Waals surface area contributed by atoms with E-state index in [1.165, 1.54) is 0 Å². The lowest BCUT2D eigenvalue weighted by Gasteiger charge is -2.37. The molecule has 0 saturated carbocycles. The van der Waals surface area contributed by atoms with Crippen molar-refractivity contribution in [3.8, 4) is 5.75 Å². The predicted octanol–water partition coefficient (Wildman–Crippen LogP) is 3.64. The Morgan fingerprint density at radius 3 is 2.33 bits per heavy atom. The molecule has 1 N–H and O–H groups in total. The van der Waals surface area contributed by atoms with E-state index in [4.69, 9.17) is 14.2 Å². The van der Waals surface area contributed by atoms with E-state index in [1.54, 1.807) is 4.90 Å². The second-order valence-electron chi connectivity index (χ2n) is 6.82. The van der Waals surface area contributed by atoms with Gasteiger partial charge in [-0.05, 0) is 29.8 Å². The summed E-state index contributed by atoms with van der Waals surface area (Å²) in [7, 11) is 0. The highest BCUT2D eigenvalue weighted by atomic mass is 16.7. The molecule has 2 amide bonds. The number of amides is 2. The molecule has 4 rings (SSSR count). The minimum absolute atomic E-state index is 0.0965. The van der Waals surface area contributed by atoms with Gasteiger partial charge in [0.15, 0.2) is 5.79 Å². The van der Waals surface area contributed by atoms with Gasteiger partial charge >= 0.3 is 6.03 Å². The Kier molecular flexibility index (Phi) is 5.27. The van der Waals surface area contributed by atoms with Crippen molar-refractivity contribution in [1.82, 2.24) is 4.90 Å². The minimum Gasteiger partial charge on any atom is -0.489 e. The van der Waals surface area contributed by atoms with E-state index in [-0.39, 0.29) is 6.03 Å². The van der Waals surface area contributed by atoms with Crippen LogP contribution in [-0.4, -0.2) is 43.0 Å². The molecule has 0 radical (unpaired) electrons. The van der Waals surface area contributed by atoms with Crippen molar-refractivity contribution in [2.75, 3.05) is 31.6 Å². The van der Waals surface area contributed by atoms with E-state index >= 15 is 0 Å². The molecular formula is C21H24N2O4. The molecule has 2 aliphatic heterocycles. The first kappa shape index (κ1) is 17.8. The maximum absolute atomic E-state index is 12.5. The van der Waals surface area contributed by atoms with Crippen LogP contribution < -0.4 is 10.1 Å². The largest absolute Gasteiger partial charge is 0.489 e. The van der Waals surface area contributed by atoms with E-state index in [1.807, 2.05) is 54.6 Å². The first-order valence-electron chi connectivity index (χ1n) is 9.33. The van der Waals surface area contributed by atoms with E-state index in [0.29, 0.717) is 45.8 Å². The standard InChI is InChI=1S/C21H24N2O4/c24-20(23-12-10-21(11-13-23)26-14-15-27-21)22-18-6-8-19(9-7-18)25-16-17-4-2-1-3-5-17/h1-9H,10-16H2,(H,22,24). The van der Waals surface area contributed by atoms with Crippen molar-refractivity contribution in [3.63, 3.8) is 0 Å². The van der Waals surface area contributed by atoms with E-state index in [9.17, 15) is 4.79 Å². The highest BCUT2D eigenvalue weighted by Crippen LogP contribution is 2.31. The number of carbonyl (C=O) groups excluding carboxylic acids is 1. The van der Waals surface area contributed by atoms with Gasteiger partial charge in [0.05, 0.1) is 13.2 Å². The third kappa shape index (κ3) is 4.40. The van der Waals surface area contributed by atoms with Crippen LogP contribution in [0, 0.1) is 0 Å². The first-order valence-corrected chi connectivity index (χ1v) is 9.33. The third-order valence-corrected chi connectivity index (χ3v) is 4.98. The van der Waals surface area contributed by atoms with Gasteiger partial charge in [0, 0.05) is 31.6 Å². The molecule has 0 aromatic heterocycles. The number of carbonyl (C=O) groups is 1. The zero-order valence-electron chi connectivity index (χ0n) is 15.2. The normalized spacial score (nSPS) is 18.4. The molecule has 1 spiro atoms. The number of hydrogen-bond donors (Lipinski definition) is 1. The summed E-state index contributed by atoms with van der Waals surface area (Å²) in [6.45, 7) is 3.07. The lowest BCUT2D eigenvalue weighted by Crippen LogP contribution is -2.48. The molecular weight excluding hydrogens is 344 g/mol. The number of nitrogens with one attached hydrogen (secondary N) is 1. The van der Waals surface area contributed by atoms with Gasteiger partial charge in [-0.2, -0.15) is 0 Å². The summed E-state index contributed by atoms with van der Waals surface area (Å²) in [5, 5.41) is 2.94. The molecule has 0 bridgehead atoms. The van der Waals surface area contributed by atoms with E-state index in [2.05, 4.69) is 5.32 Å². The average Bonchev–Trinajstić information content (AvgIpc) is 3.16. The predicted molar refractivity (Wildman–Crippen MR) is 102 cm³/mol. The molecule has 6 heteroatoms. The molecule has 2 aromatic carbocycles. The minimum atomic E-state index is -0.464. The summed E-state index contributed by atoms with van der Waals surface area (Å²) >= 11 is 0. The fraction of sp³-hybridized carbons (Fsp3) is 0.381. The molecule has 2 fully saturated rings. The molecule has 2 saturated heterocycles. The molecule has 27 heavy (non-hydrogen) atoms. The number of likely N-dealkylation sites (tertiary alicyclic amines) is 1. The van der Waals surface area contributed by atoms with E-state index in [0.717, 1.165) is 17.0 Å². The van der Waals surface area contributed by atoms with Crippen molar-refractivity contribution in [2.24, 2.45) is 0 Å². The molecule has 0 unspecified atom stereocenters. The third-order valence-electron chi connectivity index (χ3n) is 4.98. The topological polar surface area (TPSA) is 60.0 Å². The van der Waals surface area contributed by atoms with Crippen LogP contribution in [0.25, 0.3) is 0 Å². The number of urea groups is 1. The van der Waals surface area contributed by atoms with Crippen molar-refractivity contribution in [1.29, 1.82) is 0 Å². The van der Waals surface area contributed by atoms with Crippen LogP contribution in [0.1, 0.15) is 18.4 Å². The molecule has 142 valence electrons. The second kappa shape index (κ2) is 7.98. The number of hydrogen-bond acceptors (Lipinski definition) is 4. The summed E-state index contributed by atoms with van der Waals surface area (Å²) in [5.74, 6) is 0.307. The number of rotatable bonds is 4. The monoisotopic (exact) mass is 368 g/mol. The van der Waals surface area contributed by atoms with Crippen LogP contribution in [0.2, 0.25) is 0 Å². The lowest BCUT2D eigenvalue weighted by atomic mass is 10.0. The zero-order valence-corrected chi connectivity index (χ0v) is 15.2. The molecule has 6 nitrogen and oxygen atoms in total. The first-order chi connectivity index (χ1) is 13.2. The quantitative estimate of drug-likeness (QED) is 0.895. The highest BCUT2D eigenvalue weighted by molar-refractivity contribution is 5.89. The second-order valence-corrected chi connectivity index (χ2v) is 6.82. The van der Waals surface area contributed by atoms with Crippen molar-refractivity contribution in [3.05, 3.63) is 60.2 Å². The number of piperidine rings is 1. The number of anilines is 1. The summed E-state index contributed by atoms with van der Waals surface area (Å²) in [6.07, 6.45) is 1.43. The van der Waals surface area contributed by atoms with Crippen LogP contribution >= 0.6 is 0 Å². The van der Waals surface area contributed by atoms with Crippen molar-refractivity contribution >= 4 is 11.7 Å². The van der Waals surface area contributed by atoms with Crippen LogP contribution in [0.5, 0.6) is 5.75 Å². The summed E-state index contributed by atoms with van der Waals surface area (Å²) in [6, 6.07) is 17.4. The van der Waals surface area contributed by atoms with Gasteiger partial charge in [-0.25, -0.2) is 4.79 Å². The van der Waals surface area contributed by atoms with Crippen molar-refractivity contribution < 1.29 is 19.0 Å². The SMILES string of the molecule is O=C(Nc1ccc(OCc2ccccc2)cc1)N1CCC2(CC1)OCCO2. The molecule has 2 aliphatic rings. The van der Waals surface area contributed by atoms with Crippen LogP contribution in [0.15, 0.2) is 54.6 Å². The average molecular weight is 368 g/mol. The molecule has 2 aromatic rings. The summed E-state index contributed by atoms with van der Waals surface area (Å²) in [4.78, 5) is 14.3. The highest BCUT2D eigenvalue weighted by Gasteiger charge is 2.40. The van der Waals surface area contributed by atoms with Gasteiger partial charge in [-0.15, -0.1) is 0 Å². The van der Waals surface area contributed by atoms with Gasteiger partial charge in [0.25, 0.3) is 0 Å². The summed E-state index contributed by atoms with van der Waals surface area (Å²) < 4.78 is 17.2. The Balaban J connectivity index is 1.26. The molecule has 2 heterocycles. The Labute approximate surface area is 159 Å². The van der Waals surface area contributed by atoms with Gasteiger partial charge in [-0.3, -0.25) is 0 Å². The van der Waals surface area contributed by atoms with E-state index < -0.39 is 5.79 Å². The van der Waals surface area contributed by atoms with Gasteiger partial charge < -0.3 is 24.4 Å². The number of nitrogens with zero attached hydrogens (tertiary/aromatic N) is 1. The summed E-state index contributed by atoms with van der Waals surface area (Å²) in [5.41, 5.74) is 1.87. The fourth-order valence-electron chi connectivity index (χ4n) is 3.41. The smallest absolute Gasteiger partial charge is 0.321 e.